The van der Waals surface area contributed by atoms with Crippen LogP contribution < -0.4 is 0 Å². The van der Waals surface area contributed by atoms with Crippen LogP contribution in [-0.2, 0) is 33.3 Å². The van der Waals surface area contributed by atoms with Gasteiger partial charge in [0.25, 0.3) is 0 Å². The average Bonchev–Trinajstić information content (AvgIpc) is 2.50. The molecule has 8 heteroatoms. The van der Waals surface area contributed by atoms with Gasteiger partial charge in [-0.25, -0.2) is 0 Å². The van der Waals surface area contributed by atoms with Crippen molar-refractivity contribution in [3.63, 3.8) is 0 Å². The molecule has 1 aliphatic rings. The first-order valence-electron chi connectivity index (χ1n) is 7.49. The number of carbonyl (C=O) groups is 2. The fourth-order valence-corrected chi connectivity index (χ4v) is 2.32. The molecule has 1 heterocycles. The van der Waals surface area contributed by atoms with Crippen LogP contribution in [-0.4, -0.2) is 67.6 Å². The first-order chi connectivity index (χ1) is 11.4. The van der Waals surface area contributed by atoms with Crippen LogP contribution in [0.3, 0.4) is 0 Å². The summed E-state index contributed by atoms with van der Waals surface area (Å²) in [6.45, 7) is 9.90. The molecule has 0 aromatic carbocycles. The fraction of sp³-hybridized carbons (Fsp3) is 0.625. The van der Waals surface area contributed by atoms with Gasteiger partial charge in [-0.2, -0.15) is 0 Å². The van der Waals surface area contributed by atoms with Gasteiger partial charge in [-0.15, -0.1) is 13.2 Å². The Kier molecular flexibility index (Phi) is 8.62. The molecule has 1 aliphatic heterocycles. The first-order valence-corrected chi connectivity index (χ1v) is 7.49. The van der Waals surface area contributed by atoms with Crippen molar-refractivity contribution < 1.29 is 38.4 Å². The van der Waals surface area contributed by atoms with E-state index in [9.17, 15) is 14.7 Å². The van der Waals surface area contributed by atoms with E-state index >= 15 is 0 Å². The topological polar surface area (TPSA) is 101 Å². The minimum atomic E-state index is -1.45. The van der Waals surface area contributed by atoms with Gasteiger partial charge in [0, 0.05) is 13.8 Å². The van der Waals surface area contributed by atoms with Gasteiger partial charge in [0.15, 0.2) is 18.5 Å². The highest BCUT2D eigenvalue weighted by atomic mass is 16.7. The highest BCUT2D eigenvalue weighted by Crippen LogP contribution is 2.27. The van der Waals surface area contributed by atoms with E-state index in [1.54, 1.807) is 6.08 Å². The fourth-order valence-electron chi connectivity index (χ4n) is 2.32. The van der Waals surface area contributed by atoms with E-state index in [0.717, 1.165) is 0 Å². The zero-order chi connectivity index (χ0) is 18.1. The minimum absolute atomic E-state index is 0.0295. The number of aliphatic hydroxyl groups is 1. The number of ether oxygens (including phenoxy) is 5. The van der Waals surface area contributed by atoms with Crippen molar-refractivity contribution in [2.45, 2.75) is 44.6 Å². The molecule has 0 spiro atoms. The van der Waals surface area contributed by atoms with Crippen LogP contribution in [0.2, 0.25) is 0 Å². The zero-order valence-corrected chi connectivity index (χ0v) is 13.9. The molecule has 8 nitrogen and oxygen atoms in total. The lowest BCUT2D eigenvalue weighted by Crippen LogP contribution is -2.62. The first kappa shape index (κ1) is 20.3. The molecule has 1 rings (SSSR count). The monoisotopic (exact) mass is 344 g/mol. The molecular weight excluding hydrogens is 320 g/mol. The lowest BCUT2D eigenvalue weighted by molar-refractivity contribution is -0.300. The summed E-state index contributed by atoms with van der Waals surface area (Å²) in [7, 11) is 0. The maximum Gasteiger partial charge on any atom is 0.303 e. The summed E-state index contributed by atoms with van der Waals surface area (Å²) < 4.78 is 26.7. The van der Waals surface area contributed by atoms with Crippen molar-refractivity contribution >= 4 is 11.9 Å². The summed E-state index contributed by atoms with van der Waals surface area (Å²) in [5, 5.41) is 10.1. The maximum absolute atomic E-state index is 11.4. The predicted molar refractivity (Wildman–Crippen MR) is 82.9 cm³/mol. The van der Waals surface area contributed by atoms with Crippen molar-refractivity contribution in [1.29, 1.82) is 0 Å². The molecule has 24 heavy (non-hydrogen) atoms. The highest BCUT2D eigenvalue weighted by Gasteiger charge is 2.50. The van der Waals surface area contributed by atoms with Gasteiger partial charge in [0.2, 0.25) is 0 Å². The van der Waals surface area contributed by atoms with Crippen molar-refractivity contribution in [1.82, 2.24) is 0 Å². The van der Waals surface area contributed by atoms with Gasteiger partial charge < -0.3 is 28.8 Å². The number of aliphatic hydroxyl groups excluding tert-OH is 1. The van der Waals surface area contributed by atoms with Gasteiger partial charge in [0.05, 0.1) is 19.8 Å². The largest absolute Gasteiger partial charge is 0.457 e. The van der Waals surface area contributed by atoms with Crippen molar-refractivity contribution in [2.24, 2.45) is 0 Å². The third kappa shape index (κ3) is 6.04. The van der Waals surface area contributed by atoms with E-state index < -0.39 is 42.6 Å². The van der Waals surface area contributed by atoms with Crippen molar-refractivity contribution in [3.05, 3.63) is 25.3 Å². The Balaban J connectivity index is 3.01. The minimum Gasteiger partial charge on any atom is -0.457 e. The SMILES string of the molecule is C=CCOC[C@H]1O[C@@H](O)[C@H](OC(C)=O)[C@@H](OCC=C)[C@@H]1OC(C)=O. The molecule has 1 fully saturated rings. The Bertz CT molecular complexity index is 449. The van der Waals surface area contributed by atoms with Crippen LogP contribution in [0.25, 0.3) is 0 Å². The zero-order valence-electron chi connectivity index (χ0n) is 13.9. The summed E-state index contributed by atoms with van der Waals surface area (Å²) in [5.41, 5.74) is 0. The lowest BCUT2D eigenvalue weighted by atomic mass is 9.98. The molecule has 0 amide bonds. The van der Waals surface area contributed by atoms with Gasteiger partial charge in [-0.05, 0) is 0 Å². The molecule has 0 aromatic rings. The third-order valence-corrected chi connectivity index (χ3v) is 3.14. The number of carbonyl (C=O) groups excluding carboxylic acids is 2. The molecule has 0 unspecified atom stereocenters. The molecule has 5 atom stereocenters. The van der Waals surface area contributed by atoms with Crippen molar-refractivity contribution in [3.8, 4) is 0 Å². The number of esters is 2. The standard InChI is InChI=1S/C16H24O8/c1-5-7-20-9-12-13(22-10(3)17)14(21-8-6-2)15(16(19)24-12)23-11(4)18/h5-6,12-16,19H,1-2,7-9H2,3-4H3/t12-,13-,14+,15-,16-/m1/s1. The summed E-state index contributed by atoms with van der Waals surface area (Å²) in [6.07, 6.45) is -2.23. The number of rotatable bonds is 9. The second-order valence-electron chi connectivity index (χ2n) is 5.13. The Hall–Kier alpha value is -1.74. The summed E-state index contributed by atoms with van der Waals surface area (Å²) in [4.78, 5) is 22.7. The summed E-state index contributed by atoms with van der Waals surface area (Å²) >= 11 is 0. The molecule has 1 saturated heterocycles. The van der Waals surface area contributed by atoms with Crippen LogP contribution in [0.4, 0.5) is 0 Å². The predicted octanol–water partition coefficient (Wildman–Crippen LogP) is 0.341. The molecule has 0 aliphatic carbocycles. The van der Waals surface area contributed by atoms with Gasteiger partial charge in [0.1, 0.15) is 12.2 Å². The highest BCUT2D eigenvalue weighted by molar-refractivity contribution is 5.67. The average molecular weight is 344 g/mol. The van der Waals surface area contributed by atoms with Gasteiger partial charge >= 0.3 is 11.9 Å². The van der Waals surface area contributed by atoms with Gasteiger partial charge in [-0.3, -0.25) is 9.59 Å². The van der Waals surface area contributed by atoms with Crippen LogP contribution in [0.1, 0.15) is 13.8 Å². The maximum atomic E-state index is 11.4. The lowest BCUT2D eigenvalue weighted by Gasteiger charge is -2.43. The second kappa shape index (κ2) is 10.2. The van der Waals surface area contributed by atoms with E-state index in [4.69, 9.17) is 23.7 Å². The van der Waals surface area contributed by atoms with Crippen LogP contribution in [0, 0.1) is 0 Å². The van der Waals surface area contributed by atoms with E-state index in [0.29, 0.717) is 0 Å². The van der Waals surface area contributed by atoms with Crippen LogP contribution in [0.5, 0.6) is 0 Å². The van der Waals surface area contributed by atoms with Gasteiger partial charge in [-0.1, -0.05) is 12.2 Å². The molecule has 0 bridgehead atoms. The molecule has 0 radical (unpaired) electrons. The van der Waals surface area contributed by atoms with Crippen LogP contribution >= 0.6 is 0 Å². The molecule has 0 saturated carbocycles. The Morgan fingerprint density at radius 3 is 2.17 bits per heavy atom. The smallest absolute Gasteiger partial charge is 0.303 e. The molecule has 136 valence electrons. The number of hydrogen-bond acceptors (Lipinski definition) is 8. The molecular formula is C16H24O8. The van der Waals surface area contributed by atoms with Crippen molar-refractivity contribution in [2.75, 3.05) is 19.8 Å². The summed E-state index contributed by atoms with van der Waals surface area (Å²) in [6, 6.07) is 0. The van der Waals surface area contributed by atoms with E-state index in [1.807, 2.05) is 0 Å². The Morgan fingerprint density at radius 1 is 1.04 bits per heavy atom. The molecule has 0 aromatic heterocycles. The Labute approximate surface area is 141 Å². The van der Waals surface area contributed by atoms with Crippen LogP contribution in [0.15, 0.2) is 25.3 Å². The molecule has 1 N–H and O–H groups in total. The third-order valence-electron chi connectivity index (χ3n) is 3.14. The Morgan fingerprint density at radius 2 is 1.62 bits per heavy atom. The van der Waals surface area contributed by atoms with E-state index in [1.165, 1.54) is 19.9 Å². The second-order valence-corrected chi connectivity index (χ2v) is 5.13. The van der Waals surface area contributed by atoms with E-state index in [2.05, 4.69) is 13.2 Å². The van der Waals surface area contributed by atoms with E-state index in [-0.39, 0.29) is 19.8 Å². The number of hydrogen-bond donors (Lipinski definition) is 1. The normalized spacial score (nSPS) is 29.5. The summed E-state index contributed by atoms with van der Waals surface area (Å²) in [5.74, 6) is -1.19. The quantitative estimate of drug-likeness (QED) is 0.363.